The third-order valence-electron chi connectivity index (χ3n) is 2.38. The lowest BCUT2D eigenvalue weighted by Gasteiger charge is -2.08. The Hall–Kier alpha value is -1.54. The van der Waals surface area contributed by atoms with Crippen molar-refractivity contribution in [1.82, 2.24) is 0 Å². The van der Waals surface area contributed by atoms with Gasteiger partial charge in [0.1, 0.15) is 11.9 Å². The van der Waals surface area contributed by atoms with Crippen LogP contribution in [0.15, 0.2) is 47.1 Å². The van der Waals surface area contributed by atoms with Gasteiger partial charge >= 0.3 is 0 Å². The molecule has 15 heavy (non-hydrogen) atoms. The van der Waals surface area contributed by atoms with Crippen molar-refractivity contribution in [3.63, 3.8) is 0 Å². The molecule has 0 amide bonds. The van der Waals surface area contributed by atoms with E-state index in [4.69, 9.17) is 4.42 Å². The summed E-state index contributed by atoms with van der Waals surface area (Å²) in [5.41, 5.74) is 2.33. The van der Waals surface area contributed by atoms with E-state index in [9.17, 15) is 5.11 Å². The van der Waals surface area contributed by atoms with Crippen LogP contribution >= 0.6 is 0 Å². The Morgan fingerprint density at radius 1 is 1.27 bits per heavy atom. The first kappa shape index (κ1) is 9.99. The molecule has 1 unspecified atom stereocenters. The largest absolute Gasteiger partial charge is 0.467 e. The number of furan rings is 1. The summed E-state index contributed by atoms with van der Waals surface area (Å²) in [5, 5.41) is 9.86. The predicted octanol–water partition coefficient (Wildman–Crippen LogP) is 2.86. The maximum atomic E-state index is 9.86. The van der Waals surface area contributed by atoms with Crippen molar-refractivity contribution in [3.8, 4) is 0 Å². The van der Waals surface area contributed by atoms with Crippen molar-refractivity contribution in [2.45, 2.75) is 19.4 Å². The summed E-state index contributed by atoms with van der Waals surface area (Å²) in [7, 11) is 0. The van der Waals surface area contributed by atoms with Crippen LogP contribution in [0.1, 0.15) is 23.0 Å². The van der Waals surface area contributed by atoms with Gasteiger partial charge in [-0.15, -0.1) is 0 Å². The van der Waals surface area contributed by atoms with Gasteiger partial charge in [0.25, 0.3) is 0 Å². The molecule has 0 aliphatic rings. The molecule has 0 saturated carbocycles. The van der Waals surface area contributed by atoms with Crippen LogP contribution < -0.4 is 0 Å². The first-order valence-corrected chi connectivity index (χ1v) is 5.03. The van der Waals surface area contributed by atoms with Gasteiger partial charge in [0.2, 0.25) is 0 Å². The van der Waals surface area contributed by atoms with Crippen molar-refractivity contribution < 1.29 is 9.52 Å². The second kappa shape index (κ2) is 4.32. The molecule has 2 nitrogen and oxygen atoms in total. The zero-order valence-corrected chi connectivity index (χ0v) is 8.68. The predicted molar refractivity (Wildman–Crippen MR) is 58.6 cm³/mol. The summed E-state index contributed by atoms with van der Waals surface area (Å²) < 4.78 is 5.15. The summed E-state index contributed by atoms with van der Waals surface area (Å²) in [4.78, 5) is 0. The van der Waals surface area contributed by atoms with Crippen molar-refractivity contribution >= 4 is 0 Å². The standard InChI is InChI=1S/C13H14O2/c1-10-4-2-5-11(8-10)9-12(14)13-6-3-7-15-13/h2-8,12,14H,9H2,1H3. The van der Waals surface area contributed by atoms with Crippen LogP contribution in [0.3, 0.4) is 0 Å². The Morgan fingerprint density at radius 2 is 2.13 bits per heavy atom. The van der Waals surface area contributed by atoms with Gasteiger partial charge in [-0.3, -0.25) is 0 Å². The first-order valence-electron chi connectivity index (χ1n) is 5.03. The fourth-order valence-corrected chi connectivity index (χ4v) is 1.64. The van der Waals surface area contributed by atoms with E-state index in [1.165, 1.54) is 5.56 Å². The second-order valence-corrected chi connectivity index (χ2v) is 3.72. The lowest BCUT2D eigenvalue weighted by molar-refractivity contribution is 0.150. The minimum atomic E-state index is -0.554. The van der Waals surface area contributed by atoms with E-state index in [1.54, 1.807) is 18.4 Å². The molecule has 1 N–H and O–H groups in total. The zero-order valence-electron chi connectivity index (χ0n) is 8.68. The third-order valence-corrected chi connectivity index (χ3v) is 2.38. The van der Waals surface area contributed by atoms with Gasteiger partial charge in [0, 0.05) is 6.42 Å². The molecule has 0 bridgehead atoms. The normalized spacial score (nSPS) is 12.7. The van der Waals surface area contributed by atoms with Gasteiger partial charge in [-0.25, -0.2) is 0 Å². The average Bonchev–Trinajstić information content (AvgIpc) is 2.70. The highest BCUT2D eigenvalue weighted by Gasteiger charge is 2.10. The monoisotopic (exact) mass is 202 g/mol. The molecule has 0 radical (unpaired) electrons. The minimum absolute atomic E-state index is 0.554. The number of hydrogen-bond donors (Lipinski definition) is 1. The van der Waals surface area contributed by atoms with E-state index in [0.717, 1.165) is 5.56 Å². The smallest absolute Gasteiger partial charge is 0.132 e. The van der Waals surface area contributed by atoms with E-state index in [0.29, 0.717) is 12.2 Å². The Balaban J connectivity index is 2.09. The van der Waals surface area contributed by atoms with Crippen LogP contribution in [0.4, 0.5) is 0 Å². The molecule has 0 spiro atoms. The average molecular weight is 202 g/mol. The molecule has 1 heterocycles. The van der Waals surface area contributed by atoms with Crippen molar-refractivity contribution in [1.29, 1.82) is 0 Å². The van der Waals surface area contributed by atoms with E-state index in [2.05, 4.69) is 6.07 Å². The molecule has 2 rings (SSSR count). The quantitative estimate of drug-likeness (QED) is 0.830. The van der Waals surface area contributed by atoms with Gasteiger partial charge in [0.05, 0.1) is 6.26 Å². The summed E-state index contributed by atoms with van der Waals surface area (Å²) in [5.74, 6) is 0.622. The Morgan fingerprint density at radius 3 is 2.80 bits per heavy atom. The molecular weight excluding hydrogens is 188 g/mol. The highest BCUT2D eigenvalue weighted by Crippen LogP contribution is 2.18. The SMILES string of the molecule is Cc1cccc(CC(O)c2ccco2)c1. The third kappa shape index (κ3) is 2.48. The fourth-order valence-electron chi connectivity index (χ4n) is 1.64. The summed E-state index contributed by atoms with van der Waals surface area (Å²) in [6.45, 7) is 2.04. The summed E-state index contributed by atoms with van der Waals surface area (Å²) >= 11 is 0. The highest BCUT2D eigenvalue weighted by atomic mass is 16.4. The molecule has 78 valence electrons. The van der Waals surface area contributed by atoms with Crippen LogP contribution in [0, 0.1) is 6.92 Å². The van der Waals surface area contributed by atoms with Gasteiger partial charge in [-0.1, -0.05) is 29.8 Å². The molecule has 0 saturated heterocycles. The van der Waals surface area contributed by atoms with E-state index < -0.39 is 6.10 Å². The number of aliphatic hydroxyl groups excluding tert-OH is 1. The lowest BCUT2D eigenvalue weighted by Crippen LogP contribution is -2.00. The highest BCUT2D eigenvalue weighted by molar-refractivity contribution is 5.23. The summed E-state index contributed by atoms with van der Waals surface area (Å²) in [6.07, 6.45) is 1.62. The maximum Gasteiger partial charge on any atom is 0.132 e. The molecule has 1 aromatic heterocycles. The molecule has 0 aliphatic carbocycles. The second-order valence-electron chi connectivity index (χ2n) is 3.72. The van der Waals surface area contributed by atoms with Gasteiger partial charge in [-0.2, -0.15) is 0 Å². The van der Waals surface area contributed by atoms with E-state index in [-0.39, 0.29) is 0 Å². The first-order chi connectivity index (χ1) is 7.25. The topological polar surface area (TPSA) is 33.4 Å². The van der Waals surface area contributed by atoms with Crippen molar-refractivity contribution in [2.24, 2.45) is 0 Å². The zero-order chi connectivity index (χ0) is 10.7. The van der Waals surface area contributed by atoms with Gasteiger partial charge in [0.15, 0.2) is 0 Å². The summed E-state index contributed by atoms with van der Waals surface area (Å²) in [6, 6.07) is 11.7. The van der Waals surface area contributed by atoms with E-state index >= 15 is 0 Å². The minimum Gasteiger partial charge on any atom is -0.467 e. The molecule has 1 atom stereocenters. The number of rotatable bonds is 3. The van der Waals surface area contributed by atoms with Crippen LogP contribution in [-0.4, -0.2) is 5.11 Å². The Bertz CT molecular complexity index is 418. The molecule has 2 aromatic rings. The van der Waals surface area contributed by atoms with Gasteiger partial charge < -0.3 is 9.52 Å². The number of hydrogen-bond acceptors (Lipinski definition) is 2. The van der Waals surface area contributed by atoms with Crippen LogP contribution in [0.25, 0.3) is 0 Å². The van der Waals surface area contributed by atoms with Crippen LogP contribution in [-0.2, 0) is 6.42 Å². The van der Waals surface area contributed by atoms with Crippen molar-refractivity contribution in [3.05, 3.63) is 59.5 Å². The van der Waals surface area contributed by atoms with Crippen LogP contribution in [0.5, 0.6) is 0 Å². The van der Waals surface area contributed by atoms with Crippen LogP contribution in [0.2, 0.25) is 0 Å². The van der Waals surface area contributed by atoms with E-state index in [1.807, 2.05) is 25.1 Å². The molecule has 0 fully saturated rings. The lowest BCUT2D eigenvalue weighted by atomic mass is 10.0. The molecular formula is C13H14O2. The number of aliphatic hydroxyl groups is 1. The maximum absolute atomic E-state index is 9.86. The number of benzene rings is 1. The van der Waals surface area contributed by atoms with Gasteiger partial charge in [-0.05, 0) is 24.6 Å². The molecule has 0 aliphatic heterocycles. The Labute approximate surface area is 89.2 Å². The molecule has 2 heteroatoms. The molecule has 1 aromatic carbocycles. The van der Waals surface area contributed by atoms with Crippen molar-refractivity contribution in [2.75, 3.05) is 0 Å². The Kier molecular flexibility index (Phi) is 2.88. The fraction of sp³-hybridized carbons (Fsp3) is 0.231. The number of aryl methyl sites for hydroxylation is 1.